The fourth-order valence-electron chi connectivity index (χ4n) is 1.35. The lowest BCUT2D eigenvalue weighted by Crippen LogP contribution is -2.32. The van der Waals surface area contributed by atoms with Crippen molar-refractivity contribution in [1.82, 2.24) is 4.90 Å². The number of β-amino-alcohol motifs (C(OH)–C–C–N with tert-alkyl or cyclic N) is 1. The first-order chi connectivity index (χ1) is 5.74. The fourth-order valence-corrected chi connectivity index (χ4v) is 1.35. The number of rotatable bonds is 4. The maximum absolute atomic E-state index is 9.13. The monoisotopic (exact) mass is 172 g/mol. The zero-order valence-electron chi connectivity index (χ0n) is 7.40. The second-order valence-corrected chi connectivity index (χ2v) is 3.06. The quantitative estimate of drug-likeness (QED) is 0.599. The van der Waals surface area contributed by atoms with E-state index in [1.54, 1.807) is 6.92 Å². The predicted octanol–water partition coefficient (Wildman–Crippen LogP) is -0.536. The molecule has 1 unspecified atom stereocenters. The molecule has 70 valence electrons. The van der Waals surface area contributed by atoms with Crippen LogP contribution in [0.5, 0.6) is 0 Å². The predicted molar refractivity (Wildman–Crippen MR) is 47.3 cm³/mol. The van der Waals surface area contributed by atoms with E-state index in [9.17, 15) is 0 Å². The van der Waals surface area contributed by atoms with Gasteiger partial charge in [0, 0.05) is 19.5 Å². The average molecular weight is 172 g/mol. The summed E-state index contributed by atoms with van der Waals surface area (Å²) in [4.78, 5) is 6.27. The summed E-state index contributed by atoms with van der Waals surface area (Å²) in [5, 5.41) is 17.8. The van der Waals surface area contributed by atoms with Crippen LogP contribution >= 0.6 is 0 Å². The van der Waals surface area contributed by atoms with E-state index >= 15 is 0 Å². The summed E-state index contributed by atoms with van der Waals surface area (Å²) < 4.78 is 0. The first-order valence-electron chi connectivity index (χ1n) is 4.31. The van der Waals surface area contributed by atoms with Gasteiger partial charge >= 0.3 is 0 Å². The van der Waals surface area contributed by atoms with E-state index in [0.29, 0.717) is 13.0 Å². The van der Waals surface area contributed by atoms with Gasteiger partial charge in [0.05, 0.1) is 19.3 Å². The summed E-state index contributed by atoms with van der Waals surface area (Å²) >= 11 is 0. The van der Waals surface area contributed by atoms with Gasteiger partial charge in [0.2, 0.25) is 0 Å². The Morgan fingerprint density at radius 1 is 1.67 bits per heavy atom. The van der Waals surface area contributed by atoms with Gasteiger partial charge in [-0.25, -0.2) is 0 Å². The average Bonchev–Trinajstić information content (AvgIpc) is 2.37. The maximum atomic E-state index is 9.13. The van der Waals surface area contributed by atoms with Crippen LogP contribution in [0.15, 0.2) is 4.99 Å². The summed E-state index contributed by atoms with van der Waals surface area (Å²) in [6.07, 6.45) is 0.253. The molecule has 2 N–H and O–H groups in total. The lowest BCUT2D eigenvalue weighted by Gasteiger charge is -2.19. The van der Waals surface area contributed by atoms with Crippen molar-refractivity contribution in [3.63, 3.8) is 0 Å². The summed E-state index contributed by atoms with van der Waals surface area (Å²) in [7, 11) is 0. The van der Waals surface area contributed by atoms with E-state index in [4.69, 9.17) is 10.2 Å². The van der Waals surface area contributed by atoms with Crippen LogP contribution in [-0.2, 0) is 0 Å². The first kappa shape index (κ1) is 9.48. The fraction of sp³-hybridized carbons (Fsp3) is 0.875. The van der Waals surface area contributed by atoms with Crippen LogP contribution in [-0.4, -0.2) is 53.3 Å². The zero-order chi connectivity index (χ0) is 8.97. The number of amidine groups is 1. The topological polar surface area (TPSA) is 56.1 Å². The van der Waals surface area contributed by atoms with Crippen molar-refractivity contribution in [3.8, 4) is 0 Å². The van der Waals surface area contributed by atoms with E-state index in [1.165, 1.54) is 0 Å². The van der Waals surface area contributed by atoms with Crippen molar-refractivity contribution in [3.05, 3.63) is 0 Å². The molecule has 0 fully saturated rings. The van der Waals surface area contributed by atoms with Crippen LogP contribution < -0.4 is 0 Å². The highest BCUT2D eigenvalue weighted by atomic mass is 16.3. The molecule has 0 saturated heterocycles. The van der Waals surface area contributed by atoms with Crippen molar-refractivity contribution in [2.45, 2.75) is 19.4 Å². The van der Waals surface area contributed by atoms with Crippen molar-refractivity contribution in [1.29, 1.82) is 0 Å². The minimum absolute atomic E-state index is 0.152. The smallest absolute Gasteiger partial charge is 0.102 e. The lowest BCUT2D eigenvalue weighted by molar-refractivity contribution is 0.196. The number of hydrogen-bond donors (Lipinski definition) is 2. The number of aliphatic imine (C=N–C) groups is 1. The van der Waals surface area contributed by atoms with Gasteiger partial charge in [-0.1, -0.05) is 0 Å². The summed E-state index contributed by atoms with van der Waals surface area (Å²) in [6.45, 7) is 4.20. The highest BCUT2D eigenvalue weighted by Crippen LogP contribution is 2.06. The molecule has 0 bridgehead atoms. The summed E-state index contributed by atoms with van der Waals surface area (Å²) in [5.74, 6) is 0.930. The van der Waals surface area contributed by atoms with Gasteiger partial charge in [0.15, 0.2) is 0 Å². The molecule has 1 heterocycles. The molecular formula is C8H16N2O2. The zero-order valence-corrected chi connectivity index (χ0v) is 7.40. The number of aliphatic hydroxyl groups excluding tert-OH is 2. The van der Waals surface area contributed by atoms with Crippen LogP contribution in [0.2, 0.25) is 0 Å². The van der Waals surface area contributed by atoms with Crippen molar-refractivity contribution < 1.29 is 10.2 Å². The Balaban J connectivity index is 2.39. The van der Waals surface area contributed by atoms with Crippen LogP contribution in [0.4, 0.5) is 0 Å². The van der Waals surface area contributed by atoms with Gasteiger partial charge in [-0.15, -0.1) is 0 Å². The van der Waals surface area contributed by atoms with E-state index in [1.807, 2.05) is 4.90 Å². The highest BCUT2D eigenvalue weighted by molar-refractivity contribution is 5.84. The van der Waals surface area contributed by atoms with Crippen LogP contribution in [0.3, 0.4) is 0 Å². The molecule has 0 aromatic carbocycles. The molecule has 0 spiro atoms. The van der Waals surface area contributed by atoms with Gasteiger partial charge < -0.3 is 15.1 Å². The Hall–Kier alpha value is -0.610. The Bertz CT molecular complexity index is 168. The maximum Gasteiger partial charge on any atom is 0.102 e. The molecule has 4 nitrogen and oxygen atoms in total. The standard InChI is InChI=1S/C8H16N2O2/c1-7(12)6-8-9-2-3-10(8)4-5-11/h7,11-12H,2-6H2,1H3. The molecule has 4 heteroatoms. The first-order valence-corrected chi connectivity index (χ1v) is 4.31. The number of aliphatic hydroxyl groups is 2. The molecule has 1 aliphatic rings. The number of hydrogen-bond acceptors (Lipinski definition) is 4. The Morgan fingerprint density at radius 2 is 2.42 bits per heavy atom. The molecule has 0 saturated carbocycles. The summed E-state index contributed by atoms with van der Waals surface area (Å²) in [6, 6.07) is 0. The van der Waals surface area contributed by atoms with Gasteiger partial charge in [0.25, 0.3) is 0 Å². The summed E-state index contributed by atoms with van der Waals surface area (Å²) in [5.41, 5.74) is 0. The third-order valence-corrected chi connectivity index (χ3v) is 1.88. The molecule has 1 atom stereocenters. The third kappa shape index (κ3) is 2.46. The van der Waals surface area contributed by atoms with E-state index in [0.717, 1.165) is 18.9 Å². The van der Waals surface area contributed by atoms with Gasteiger partial charge in [0.1, 0.15) is 5.84 Å². The van der Waals surface area contributed by atoms with Crippen molar-refractivity contribution in [2.24, 2.45) is 4.99 Å². The second kappa shape index (κ2) is 4.42. The van der Waals surface area contributed by atoms with Crippen molar-refractivity contribution >= 4 is 5.84 Å². The van der Waals surface area contributed by atoms with Crippen molar-refractivity contribution in [2.75, 3.05) is 26.2 Å². The van der Waals surface area contributed by atoms with E-state index in [2.05, 4.69) is 4.99 Å². The molecule has 1 rings (SSSR count). The van der Waals surface area contributed by atoms with E-state index in [-0.39, 0.29) is 12.7 Å². The minimum atomic E-state index is -0.344. The van der Waals surface area contributed by atoms with Gasteiger partial charge in [-0.05, 0) is 6.92 Å². The molecule has 12 heavy (non-hydrogen) atoms. The van der Waals surface area contributed by atoms with Gasteiger partial charge in [-0.2, -0.15) is 0 Å². The molecule has 0 aromatic rings. The molecular weight excluding hydrogens is 156 g/mol. The van der Waals surface area contributed by atoms with Crippen LogP contribution in [0, 0.1) is 0 Å². The Morgan fingerprint density at radius 3 is 3.00 bits per heavy atom. The normalized spacial score (nSPS) is 19.6. The Labute approximate surface area is 72.5 Å². The Kier molecular flexibility index (Phi) is 3.49. The largest absolute Gasteiger partial charge is 0.395 e. The molecule has 0 radical (unpaired) electrons. The third-order valence-electron chi connectivity index (χ3n) is 1.88. The molecule has 0 amide bonds. The molecule has 1 aliphatic heterocycles. The second-order valence-electron chi connectivity index (χ2n) is 3.06. The molecule has 0 aromatic heterocycles. The van der Waals surface area contributed by atoms with E-state index < -0.39 is 0 Å². The van der Waals surface area contributed by atoms with Crippen LogP contribution in [0.1, 0.15) is 13.3 Å². The van der Waals surface area contributed by atoms with Crippen LogP contribution in [0.25, 0.3) is 0 Å². The lowest BCUT2D eigenvalue weighted by atomic mass is 10.2. The minimum Gasteiger partial charge on any atom is -0.395 e. The molecule has 0 aliphatic carbocycles. The van der Waals surface area contributed by atoms with Gasteiger partial charge in [-0.3, -0.25) is 4.99 Å². The highest BCUT2D eigenvalue weighted by Gasteiger charge is 2.16. The SMILES string of the molecule is CC(O)CC1=NCCN1CCO. The number of nitrogens with zero attached hydrogens (tertiary/aromatic N) is 2.